The van der Waals surface area contributed by atoms with Crippen LogP contribution < -0.4 is 0 Å². The number of hydrogen-bond acceptors (Lipinski definition) is 1. The lowest BCUT2D eigenvalue weighted by Gasteiger charge is -2.25. The number of amides is 1. The fraction of sp³-hybridized carbons (Fsp3) is 0.643. The zero-order chi connectivity index (χ0) is 12.1. The van der Waals surface area contributed by atoms with Gasteiger partial charge in [0.25, 0.3) is 0 Å². The van der Waals surface area contributed by atoms with Crippen molar-refractivity contribution in [2.24, 2.45) is 5.92 Å². The Morgan fingerprint density at radius 3 is 2.50 bits per heavy atom. The molecule has 0 heterocycles. The van der Waals surface area contributed by atoms with Gasteiger partial charge >= 0.3 is 0 Å². The van der Waals surface area contributed by atoms with E-state index in [2.05, 4.69) is 19.6 Å². The summed E-state index contributed by atoms with van der Waals surface area (Å²) < 4.78 is 0. The van der Waals surface area contributed by atoms with E-state index >= 15 is 0 Å². The minimum atomic E-state index is 0.227. The van der Waals surface area contributed by atoms with E-state index in [1.807, 2.05) is 18.7 Å². The molecule has 0 N–H and O–H groups in total. The molecule has 0 aromatic carbocycles. The maximum Gasteiger partial charge on any atom is 0.249 e. The third-order valence-corrected chi connectivity index (χ3v) is 3.43. The molecule has 2 heteroatoms. The molecule has 0 radical (unpaired) electrons. The molecule has 1 aliphatic carbocycles. The molecule has 0 aliphatic heterocycles. The molecule has 0 fully saturated rings. The molecule has 1 atom stereocenters. The summed E-state index contributed by atoms with van der Waals surface area (Å²) in [6.45, 7) is 11.7. The topological polar surface area (TPSA) is 20.3 Å². The van der Waals surface area contributed by atoms with E-state index in [1.54, 1.807) is 0 Å². The molecule has 2 nitrogen and oxygen atoms in total. The molecule has 1 rings (SSSR count). The molecule has 16 heavy (non-hydrogen) atoms. The van der Waals surface area contributed by atoms with Gasteiger partial charge in [-0.25, -0.2) is 0 Å². The van der Waals surface area contributed by atoms with Crippen LogP contribution in [0.1, 0.15) is 40.0 Å². The van der Waals surface area contributed by atoms with Gasteiger partial charge in [0.1, 0.15) is 0 Å². The average Bonchev–Trinajstić information content (AvgIpc) is 2.30. The standard InChI is InChI=1S/C14H23NO/c1-5-15(6-2)14(16)13-9-7-12(8-10-13)11(3)4/h9,12H,3,5-8,10H2,1-2,4H3. The SMILES string of the molecule is C=C(C)C1CC=C(C(=O)N(CC)CC)CC1. The Bertz CT molecular complexity index is 300. The van der Waals surface area contributed by atoms with Crippen molar-refractivity contribution >= 4 is 5.91 Å². The Morgan fingerprint density at radius 2 is 2.12 bits per heavy atom. The molecule has 0 saturated carbocycles. The fourth-order valence-electron chi connectivity index (χ4n) is 2.19. The van der Waals surface area contributed by atoms with Gasteiger partial charge in [0.05, 0.1) is 0 Å². The van der Waals surface area contributed by atoms with Crippen molar-refractivity contribution in [3.05, 3.63) is 23.8 Å². The summed E-state index contributed by atoms with van der Waals surface area (Å²) in [6.07, 6.45) is 5.09. The van der Waals surface area contributed by atoms with Crippen LogP contribution in [0.5, 0.6) is 0 Å². The first-order chi connectivity index (χ1) is 7.60. The fourth-order valence-corrected chi connectivity index (χ4v) is 2.19. The molecule has 1 aliphatic rings. The van der Waals surface area contributed by atoms with E-state index in [9.17, 15) is 4.79 Å². The second-order valence-corrected chi connectivity index (χ2v) is 4.52. The summed E-state index contributed by atoms with van der Waals surface area (Å²) in [5, 5.41) is 0. The number of hydrogen-bond donors (Lipinski definition) is 0. The molecule has 0 aromatic heterocycles. The Kier molecular flexibility index (Phi) is 4.78. The normalized spacial score (nSPS) is 20.2. The molecule has 0 aromatic rings. The van der Waals surface area contributed by atoms with E-state index in [1.165, 1.54) is 5.57 Å². The molecule has 1 amide bonds. The highest BCUT2D eigenvalue weighted by molar-refractivity contribution is 5.93. The van der Waals surface area contributed by atoms with Gasteiger partial charge in [-0.05, 0) is 46.0 Å². The number of likely N-dealkylation sites (N-methyl/N-ethyl adjacent to an activating group) is 1. The summed E-state index contributed by atoms with van der Waals surface area (Å²) in [6, 6.07) is 0. The van der Waals surface area contributed by atoms with Crippen LogP contribution >= 0.6 is 0 Å². The summed E-state index contributed by atoms with van der Waals surface area (Å²) in [7, 11) is 0. The number of allylic oxidation sites excluding steroid dienone is 2. The summed E-state index contributed by atoms with van der Waals surface area (Å²) >= 11 is 0. The first-order valence-electron chi connectivity index (χ1n) is 6.23. The summed E-state index contributed by atoms with van der Waals surface area (Å²) in [5.41, 5.74) is 2.24. The zero-order valence-electron chi connectivity index (χ0n) is 10.8. The summed E-state index contributed by atoms with van der Waals surface area (Å²) in [4.78, 5) is 14.0. The van der Waals surface area contributed by atoms with Crippen molar-refractivity contribution in [3.63, 3.8) is 0 Å². The lowest BCUT2D eigenvalue weighted by molar-refractivity contribution is -0.127. The van der Waals surface area contributed by atoms with Gasteiger partial charge < -0.3 is 4.90 Å². The van der Waals surface area contributed by atoms with E-state index < -0.39 is 0 Å². The number of carbonyl (C=O) groups is 1. The second-order valence-electron chi connectivity index (χ2n) is 4.52. The largest absolute Gasteiger partial charge is 0.339 e. The number of rotatable bonds is 4. The van der Waals surface area contributed by atoms with Crippen LogP contribution in [-0.2, 0) is 4.79 Å². The molecule has 0 spiro atoms. The van der Waals surface area contributed by atoms with Crippen LogP contribution in [0.2, 0.25) is 0 Å². The molecular formula is C14H23NO. The Hall–Kier alpha value is -1.05. The predicted molar refractivity (Wildman–Crippen MR) is 68.2 cm³/mol. The van der Waals surface area contributed by atoms with Gasteiger partial charge in [-0.1, -0.05) is 18.2 Å². The Labute approximate surface area is 99.0 Å². The van der Waals surface area contributed by atoms with Crippen molar-refractivity contribution in [2.45, 2.75) is 40.0 Å². The highest BCUT2D eigenvalue weighted by atomic mass is 16.2. The molecule has 0 saturated heterocycles. The van der Waals surface area contributed by atoms with Crippen LogP contribution in [0.25, 0.3) is 0 Å². The monoisotopic (exact) mass is 221 g/mol. The summed E-state index contributed by atoms with van der Waals surface area (Å²) in [5.74, 6) is 0.804. The second kappa shape index (κ2) is 5.88. The van der Waals surface area contributed by atoms with Crippen LogP contribution in [0.3, 0.4) is 0 Å². The highest BCUT2D eigenvalue weighted by Gasteiger charge is 2.21. The molecular weight excluding hydrogens is 198 g/mol. The highest BCUT2D eigenvalue weighted by Crippen LogP contribution is 2.28. The quantitative estimate of drug-likeness (QED) is 0.668. The minimum absolute atomic E-state index is 0.227. The van der Waals surface area contributed by atoms with E-state index in [-0.39, 0.29) is 5.91 Å². The zero-order valence-corrected chi connectivity index (χ0v) is 10.8. The van der Waals surface area contributed by atoms with Crippen molar-refractivity contribution in [3.8, 4) is 0 Å². The van der Waals surface area contributed by atoms with Gasteiger partial charge in [0, 0.05) is 18.7 Å². The van der Waals surface area contributed by atoms with E-state index in [0.29, 0.717) is 5.92 Å². The Morgan fingerprint density at radius 1 is 1.50 bits per heavy atom. The maximum atomic E-state index is 12.1. The van der Waals surface area contributed by atoms with Gasteiger partial charge in [0.2, 0.25) is 5.91 Å². The van der Waals surface area contributed by atoms with Crippen LogP contribution in [-0.4, -0.2) is 23.9 Å². The van der Waals surface area contributed by atoms with Crippen molar-refractivity contribution in [2.75, 3.05) is 13.1 Å². The third-order valence-electron chi connectivity index (χ3n) is 3.43. The van der Waals surface area contributed by atoms with Crippen molar-refractivity contribution in [1.82, 2.24) is 4.90 Å². The van der Waals surface area contributed by atoms with Gasteiger partial charge in [-0.15, -0.1) is 0 Å². The van der Waals surface area contributed by atoms with E-state index in [4.69, 9.17) is 0 Å². The Balaban J connectivity index is 2.63. The van der Waals surface area contributed by atoms with Gasteiger partial charge in [0.15, 0.2) is 0 Å². The third kappa shape index (κ3) is 2.97. The van der Waals surface area contributed by atoms with Crippen molar-refractivity contribution < 1.29 is 4.79 Å². The molecule has 90 valence electrons. The van der Waals surface area contributed by atoms with Crippen molar-refractivity contribution in [1.29, 1.82) is 0 Å². The van der Waals surface area contributed by atoms with Gasteiger partial charge in [-0.3, -0.25) is 4.79 Å². The molecule has 0 bridgehead atoms. The average molecular weight is 221 g/mol. The minimum Gasteiger partial charge on any atom is -0.339 e. The number of carbonyl (C=O) groups excluding carboxylic acids is 1. The van der Waals surface area contributed by atoms with Crippen LogP contribution in [0.15, 0.2) is 23.8 Å². The van der Waals surface area contributed by atoms with Gasteiger partial charge in [-0.2, -0.15) is 0 Å². The van der Waals surface area contributed by atoms with Crippen LogP contribution in [0, 0.1) is 5.92 Å². The maximum absolute atomic E-state index is 12.1. The van der Waals surface area contributed by atoms with Crippen LogP contribution in [0.4, 0.5) is 0 Å². The smallest absolute Gasteiger partial charge is 0.249 e. The van der Waals surface area contributed by atoms with E-state index in [0.717, 1.165) is 37.9 Å². The lowest BCUT2D eigenvalue weighted by Crippen LogP contribution is -2.32. The first-order valence-corrected chi connectivity index (χ1v) is 6.23. The molecule has 1 unspecified atom stereocenters. The lowest BCUT2D eigenvalue weighted by atomic mass is 9.85. The number of nitrogens with zero attached hydrogens (tertiary/aromatic N) is 1. The predicted octanol–water partition coefficient (Wildman–Crippen LogP) is 3.16. The first kappa shape index (κ1) is 13.0.